The third-order valence-electron chi connectivity index (χ3n) is 7.63. The van der Waals surface area contributed by atoms with Crippen LogP contribution in [0.5, 0.6) is 0 Å². The fourth-order valence-corrected chi connectivity index (χ4v) is 5.79. The van der Waals surface area contributed by atoms with Gasteiger partial charge < -0.3 is 29.3 Å². The molecule has 3 saturated heterocycles. The minimum atomic E-state index is -0.742. The SMILES string of the molecule is [C-]#[N+][C@@H]1CN(C(=O)[C@@H]2CC[C@@H]3CCCC[C@H](NC(=O)OC(C)(C)C)C(=O)N32)C[C@H]1c1ccn(C)c(=O)c1. The summed E-state index contributed by atoms with van der Waals surface area (Å²) in [7, 11) is 1.67. The lowest BCUT2D eigenvalue weighted by Crippen LogP contribution is -2.57. The highest BCUT2D eigenvalue weighted by atomic mass is 16.6. The number of nitrogens with zero attached hydrogens (tertiary/aromatic N) is 4. The zero-order valence-electron chi connectivity index (χ0n) is 22.1. The highest BCUT2D eigenvalue weighted by molar-refractivity contribution is 5.92. The number of hydrogen-bond acceptors (Lipinski definition) is 5. The van der Waals surface area contributed by atoms with Crippen LogP contribution in [0.4, 0.5) is 4.79 Å². The van der Waals surface area contributed by atoms with Gasteiger partial charge in [-0.25, -0.2) is 11.4 Å². The third-order valence-corrected chi connectivity index (χ3v) is 7.63. The van der Waals surface area contributed by atoms with Gasteiger partial charge in [-0.15, -0.1) is 0 Å². The van der Waals surface area contributed by atoms with Gasteiger partial charge in [0.1, 0.15) is 17.7 Å². The molecule has 0 aliphatic carbocycles. The molecule has 5 atom stereocenters. The Morgan fingerprint density at radius 2 is 1.84 bits per heavy atom. The molecule has 0 spiro atoms. The normalized spacial score (nSPS) is 28.2. The van der Waals surface area contributed by atoms with E-state index < -0.39 is 29.8 Å². The van der Waals surface area contributed by atoms with E-state index in [4.69, 9.17) is 11.3 Å². The van der Waals surface area contributed by atoms with E-state index in [2.05, 4.69) is 10.2 Å². The van der Waals surface area contributed by atoms with E-state index in [-0.39, 0.29) is 35.9 Å². The first-order valence-corrected chi connectivity index (χ1v) is 13.1. The number of alkyl carbamates (subject to hydrolysis) is 1. The van der Waals surface area contributed by atoms with Gasteiger partial charge in [-0.05, 0) is 58.1 Å². The second-order valence-electron chi connectivity index (χ2n) is 11.4. The monoisotopic (exact) mass is 511 g/mol. The molecule has 1 aromatic rings. The van der Waals surface area contributed by atoms with Crippen molar-refractivity contribution in [3.63, 3.8) is 0 Å². The summed E-state index contributed by atoms with van der Waals surface area (Å²) in [4.78, 5) is 59.2. The van der Waals surface area contributed by atoms with Crippen molar-refractivity contribution in [3.8, 4) is 0 Å². The van der Waals surface area contributed by atoms with Crippen LogP contribution in [0.25, 0.3) is 4.85 Å². The summed E-state index contributed by atoms with van der Waals surface area (Å²) in [6, 6.07) is 1.52. The van der Waals surface area contributed by atoms with Crippen LogP contribution in [0.2, 0.25) is 0 Å². The quantitative estimate of drug-likeness (QED) is 0.628. The molecule has 0 saturated carbocycles. The summed E-state index contributed by atoms with van der Waals surface area (Å²) in [6.45, 7) is 13.6. The summed E-state index contributed by atoms with van der Waals surface area (Å²) in [6.07, 6.45) is 5.39. The number of carbonyl (C=O) groups excluding carboxylic acids is 3. The minimum absolute atomic E-state index is 0.0445. The lowest BCUT2D eigenvalue weighted by Gasteiger charge is -2.36. The maximum atomic E-state index is 13.8. The molecule has 3 fully saturated rings. The molecule has 0 radical (unpaired) electrons. The van der Waals surface area contributed by atoms with E-state index in [1.165, 1.54) is 10.6 Å². The second kappa shape index (κ2) is 10.6. The van der Waals surface area contributed by atoms with Crippen molar-refractivity contribution >= 4 is 17.9 Å². The van der Waals surface area contributed by atoms with E-state index in [9.17, 15) is 19.2 Å². The number of rotatable bonds is 3. The molecular weight excluding hydrogens is 474 g/mol. The zero-order chi connectivity index (χ0) is 26.9. The Labute approximate surface area is 217 Å². The van der Waals surface area contributed by atoms with Gasteiger partial charge in [0.2, 0.25) is 17.9 Å². The number of aromatic nitrogens is 1. The summed E-state index contributed by atoms with van der Waals surface area (Å²) in [5.74, 6) is -0.653. The van der Waals surface area contributed by atoms with Crippen molar-refractivity contribution in [2.75, 3.05) is 13.1 Å². The van der Waals surface area contributed by atoms with E-state index in [1.807, 2.05) is 6.07 Å². The second-order valence-corrected chi connectivity index (χ2v) is 11.4. The van der Waals surface area contributed by atoms with Gasteiger partial charge in [-0.3, -0.25) is 14.4 Å². The Morgan fingerprint density at radius 3 is 2.51 bits per heavy atom. The van der Waals surface area contributed by atoms with E-state index in [1.54, 1.807) is 43.8 Å². The third kappa shape index (κ3) is 5.81. The lowest BCUT2D eigenvalue weighted by molar-refractivity contribution is -0.146. The molecule has 4 rings (SSSR count). The van der Waals surface area contributed by atoms with Gasteiger partial charge in [0.25, 0.3) is 5.56 Å². The van der Waals surface area contributed by atoms with Gasteiger partial charge in [-0.1, -0.05) is 12.8 Å². The Bertz CT molecular complexity index is 1150. The van der Waals surface area contributed by atoms with E-state index in [0.29, 0.717) is 19.4 Å². The highest BCUT2D eigenvalue weighted by Crippen LogP contribution is 2.35. The number of aryl methyl sites for hydroxylation is 1. The fourth-order valence-electron chi connectivity index (χ4n) is 5.79. The first-order chi connectivity index (χ1) is 17.5. The Balaban J connectivity index is 1.51. The number of fused-ring (bicyclic) bond motifs is 1. The summed E-state index contributed by atoms with van der Waals surface area (Å²) >= 11 is 0. The number of hydrogen-bond donors (Lipinski definition) is 1. The lowest BCUT2D eigenvalue weighted by atomic mass is 9.96. The molecule has 37 heavy (non-hydrogen) atoms. The maximum Gasteiger partial charge on any atom is 0.408 e. The van der Waals surface area contributed by atoms with Crippen LogP contribution < -0.4 is 10.9 Å². The molecule has 200 valence electrons. The standard InChI is InChI=1S/C27H37N5O5/c1-27(2,3)37-26(36)29-20-9-7-6-8-18-10-11-22(32(18)24(20)34)25(35)31-15-19(21(16-31)28-4)17-12-13-30(5)23(33)14-17/h12-14,18-22H,6-11,15-16H2,1-3,5H3,(H,29,36)/t18-,19-,20-,21+,22-/m0/s1. The fraction of sp³-hybridized carbons (Fsp3) is 0.667. The Hall–Kier alpha value is -3.35. The summed E-state index contributed by atoms with van der Waals surface area (Å²) < 4.78 is 6.85. The van der Waals surface area contributed by atoms with Crippen molar-refractivity contribution < 1.29 is 19.1 Å². The van der Waals surface area contributed by atoms with Crippen LogP contribution in [-0.2, 0) is 21.4 Å². The van der Waals surface area contributed by atoms with Gasteiger partial charge >= 0.3 is 6.09 Å². The molecule has 0 bridgehead atoms. The molecule has 10 heteroatoms. The summed E-state index contributed by atoms with van der Waals surface area (Å²) in [5, 5.41) is 2.74. The van der Waals surface area contributed by atoms with Crippen molar-refractivity contribution in [3.05, 3.63) is 45.7 Å². The minimum Gasteiger partial charge on any atom is -0.444 e. The van der Waals surface area contributed by atoms with Gasteiger partial charge in [0.15, 0.2) is 0 Å². The van der Waals surface area contributed by atoms with Crippen LogP contribution in [0, 0.1) is 6.57 Å². The van der Waals surface area contributed by atoms with Crippen LogP contribution >= 0.6 is 0 Å². The van der Waals surface area contributed by atoms with Crippen molar-refractivity contribution in [1.82, 2.24) is 19.7 Å². The molecule has 0 unspecified atom stereocenters. The van der Waals surface area contributed by atoms with E-state index in [0.717, 1.165) is 31.2 Å². The number of likely N-dealkylation sites (tertiary alicyclic amines) is 1. The average molecular weight is 512 g/mol. The number of nitrogens with one attached hydrogen (secondary N) is 1. The number of pyridine rings is 1. The molecule has 3 aliphatic rings. The average Bonchev–Trinajstić information content (AvgIpc) is 3.44. The van der Waals surface area contributed by atoms with Gasteiger partial charge in [-0.2, -0.15) is 0 Å². The molecule has 3 aliphatic heterocycles. The van der Waals surface area contributed by atoms with Crippen molar-refractivity contribution in [1.29, 1.82) is 0 Å². The zero-order valence-corrected chi connectivity index (χ0v) is 22.1. The predicted octanol–water partition coefficient (Wildman–Crippen LogP) is 2.43. The van der Waals surface area contributed by atoms with Crippen LogP contribution in [-0.4, -0.2) is 75.1 Å². The molecule has 4 heterocycles. The Morgan fingerprint density at radius 1 is 1.11 bits per heavy atom. The van der Waals surface area contributed by atoms with E-state index >= 15 is 0 Å². The van der Waals surface area contributed by atoms with Crippen LogP contribution in [0.3, 0.4) is 0 Å². The molecule has 3 amide bonds. The maximum absolute atomic E-state index is 13.8. The number of amides is 3. The molecule has 1 N–H and O–H groups in total. The number of ether oxygens (including phenoxy) is 1. The molecule has 10 nitrogen and oxygen atoms in total. The largest absolute Gasteiger partial charge is 0.444 e. The first kappa shape index (κ1) is 26.7. The predicted molar refractivity (Wildman–Crippen MR) is 137 cm³/mol. The van der Waals surface area contributed by atoms with Gasteiger partial charge in [0, 0.05) is 31.9 Å². The number of carbonyl (C=O) groups is 3. The van der Waals surface area contributed by atoms with Crippen LogP contribution in [0.1, 0.15) is 70.8 Å². The first-order valence-electron chi connectivity index (χ1n) is 13.1. The molecule has 0 aromatic carbocycles. The van der Waals surface area contributed by atoms with Crippen LogP contribution in [0.15, 0.2) is 23.1 Å². The smallest absolute Gasteiger partial charge is 0.408 e. The Kier molecular flexibility index (Phi) is 7.62. The van der Waals surface area contributed by atoms with Crippen molar-refractivity contribution in [2.24, 2.45) is 7.05 Å². The molecule has 1 aromatic heterocycles. The molecular formula is C27H37N5O5. The summed E-state index contributed by atoms with van der Waals surface area (Å²) in [5.41, 5.74) is -0.0786. The van der Waals surface area contributed by atoms with Gasteiger partial charge in [0.05, 0.1) is 12.5 Å². The van der Waals surface area contributed by atoms with Crippen molar-refractivity contribution in [2.45, 2.75) is 95.0 Å². The highest BCUT2D eigenvalue weighted by Gasteiger charge is 2.48. The topological polar surface area (TPSA) is 105 Å².